The van der Waals surface area contributed by atoms with E-state index < -0.39 is 10.0 Å². The van der Waals surface area contributed by atoms with Crippen LogP contribution in [0.4, 0.5) is 0 Å². The lowest BCUT2D eigenvalue weighted by atomic mass is 10.1. The molecule has 0 saturated carbocycles. The van der Waals surface area contributed by atoms with Crippen molar-refractivity contribution in [3.05, 3.63) is 0 Å². The molecule has 5 nitrogen and oxygen atoms in total. The number of piperazine rings is 1. The maximum atomic E-state index is 12.2. The molecule has 0 radical (unpaired) electrons. The zero-order valence-electron chi connectivity index (χ0n) is 11.0. The Hall–Kier alpha value is -0.170. The van der Waals surface area contributed by atoms with Crippen molar-refractivity contribution in [1.82, 2.24) is 9.62 Å². The summed E-state index contributed by atoms with van der Waals surface area (Å²) in [5, 5.41) is 3.39. The van der Waals surface area contributed by atoms with Crippen LogP contribution >= 0.6 is 0 Å². The predicted molar refractivity (Wildman–Crippen MR) is 68.5 cm³/mol. The molecule has 17 heavy (non-hydrogen) atoms. The number of methoxy groups -OCH3 is 1. The molecule has 0 amide bonds. The largest absolute Gasteiger partial charge is 0.384 e. The van der Waals surface area contributed by atoms with Crippen molar-refractivity contribution in [2.45, 2.75) is 38.8 Å². The quantitative estimate of drug-likeness (QED) is 0.755. The van der Waals surface area contributed by atoms with Crippen LogP contribution < -0.4 is 5.32 Å². The van der Waals surface area contributed by atoms with E-state index in [2.05, 4.69) is 12.2 Å². The van der Waals surface area contributed by atoms with Gasteiger partial charge in [0, 0.05) is 32.3 Å². The summed E-state index contributed by atoms with van der Waals surface area (Å²) >= 11 is 0. The maximum absolute atomic E-state index is 12.2. The van der Waals surface area contributed by atoms with E-state index in [-0.39, 0.29) is 24.4 Å². The average Bonchev–Trinajstić information content (AvgIpc) is 2.35. The second-order valence-corrected chi connectivity index (χ2v) is 6.50. The van der Waals surface area contributed by atoms with Gasteiger partial charge in [0.25, 0.3) is 0 Å². The van der Waals surface area contributed by atoms with Crippen molar-refractivity contribution in [3.8, 4) is 0 Å². The zero-order chi connectivity index (χ0) is 12.9. The molecule has 102 valence electrons. The van der Waals surface area contributed by atoms with Crippen LogP contribution in [-0.4, -0.2) is 57.4 Å². The average molecular weight is 264 g/mol. The highest BCUT2D eigenvalue weighted by Crippen LogP contribution is 2.16. The number of sulfonamides is 1. The Kier molecular flexibility index (Phi) is 5.85. The Morgan fingerprint density at radius 2 is 2.06 bits per heavy atom. The summed E-state index contributed by atoms with van der Waals surface area (Å²) in [5.74, 6) is 0.0798. The SMILES string of the molecule is CCC1CN(S(=O)(=O)CCOC)C(CC)CN1. The van der Waals surface area contributed by atoms with Crippen molar-refractivity contribution >= 4 is 10.0 Å². The molecule has 0 bridgehead atoms. The van der Waals surface area contributed by atoms with Crippen molar-refractivity contribution in [3.63, 3.8) is 0 Å². The van der Waals surface area contributed by atoms with Crippen molar-refractivity contribution in [2.24, 2.45) is 0 Å². The van der Waals surface area contributed by atoms with Gasteiger partial charge < -0.3 is 10.1 Å². The number of nitrogens with one attached hydrogen (secondary N) is 1. The Balaban J connectivity index is 2.74. The Bertz CT molecular complexity index is 319. The molecule has 1 heterocycles. The smallest absolute Gasteiger partial charge is 0.216 e. The third-order valence-corrected chi connectivity index (χ3v) is 5.16. The first-order valence-corrected chi connectivity index (χ1v) is 7.87. The number of nitrogens with zero attached hydrogens (tertiary/aromatic N) is 1. The van der Waals surface area contributed by atoms with E-state index in [1.54, 1.807) is 4.31 Å². The number of rotatable bonds is 6. The van der Waals surface area contributed by atoms with Gasteiger partial charge in [0.05, 0.1) is 12.4 Å². The second-order valence-electron chi connectivity index (χ2n) is 4.45. The minimum atomic E-state index is -3.18. The van der Waals surface area contributed by atoms with Gasteiger partial charge in [0.2, 0.25) is 10.0 Å². The van der Waals surface area contributed by atoms with E-state index in [0.717, 1.165) is 19.4 Å². The standard InChI is InChI=1S/C11H24N2O3S/c1-4-10-9-13(11(5-2)8-12-10)17(14,15)7-6-16-3/h10-12H,4-9H2,1-3H3. The Morgan fingerprint density at radius 3 is 2.59 bits per heavy atom. The number of hydrogen-bond donors (Lipinski definition) is 1. The number of ether oxygens (including phenoxy) is 1. The van der Waals surface area contributed by atoms with Gasteiger partial charge in [-0.1, -0.05) is 13.8 Å². The van der Waals surface area contributed by atoms with Gasteiger partial charge in [-0.2, -0.15) is 4.31 Å². The van der Waals surface area contributed by atoms with E-state index in [1.807, 2.05) is 6.92 Å². The van der Waals surface area contributed by atoms with Crippen LogP contribution in [0.1, 0.15) is 26.7 Å². The van der Waals surface area contributed by atoms with Gasteiger partial charge in [-0.3, -0.25) is 0 Å². The third kappa shape index (κ3) is 3.91. The summed E-state index contributed by atoms with van der Waals surface area (Å²) in [6.07, 6.45) is 1.79. The molecule has 2 atom stereocenters. The highest BCUT2D eigenvalue weighted by Gasteiger charge is 2.33. The molecular formula is C11H24N2O3S. The third-order valence-electron chi connectivity index (χ3n) is 3.32. The fraction of sp³-hybridized carbons (Fsp3) is 1.00. The summed E-state index contributed by atoms with van der Waals surface area (Å²) in [7, 11) is -1.65. The highest BCUT2D eigenvalue weighted by molar-refractivity contribution is 7.89. The fourth-order valence-electron chi connectivity index (χ4n) is 2.10. The monoisotopic (exact) mass is 264 g/mol. The van der Waals surface area contributed by atoms with E-state index >= 15 is 0 Å². The summed E-state index contributed by atoms with van der Waals surface area (Å²) in [6.45, 7) is 5.70. The molecule has 1 aliphatic heterocycles. The molecule has 2 unspecified atom stereocenters. The fourth-order valence-corrected chi connectivity index (χ4v) is 3.80. The number of hydrogen-bond acceptors (Lipinski definition) is 4. The van der Waals surface area contributed by atoms with Crippen LogP contribution in [0.2, 0.25) is 0 Å². The Morgan fingerprint density at radius 1 is 1.35 bits per heavy atom. The molecule has 1 rings (SSSR count). The molecule has 0 aliphatic carbocycles. The maximum Gasteiger partial charge on any atom is 0.216 e. The summed E-state index contributed by atoms with van der Waals surface area (Å²) in [4.78, 5) is 0. The zero-order valence-corrected chi connectivity index (χ0v) is 11.8. The van der Waals surface area contributed by atoms with Crippen LogP contribution in [0.3, 0.4) is 0 Å². The molecule has 1 fully saturated rings. The highest BCUT2D eigenvalue weighted by atomic mass is 32.2. The topological polar surface area (TPSA) is 58.6 Å². The first kappa shape index (κ1) is 14.9. The van der Waals surface area contributed by atoms with Gasteiger partial charge in [-0.15, -0.1) is 0 Å². The van der Waals surface area contributed by atoms with Crippen LogP contribution in [0.15, 0.2) is 0 Å². The summed E-state index contributed by atoms with van der Waals surface area (Å²) < 4.78 is 30.9. The van der Waals surface area contributed by atoms with Crippen LogP contribution in [0, 0.1) is 0 Å². The van der Waals surface area contributed by atoms with Crippen molar-refractivity contribution in [1.29, 1.82) is 0 Å². The van der Waals surface area contributed by atoms with Gasteiger partial charge >= 0.3 is 0 Å². The van der Waals surface area contributed by atoms with Gasteiger partial charge in [0.1, 0.15) is 0 Å². The van der Waals surface area contributed by atoms with Gasteiger partial charge in [-0.25, -0.2) is 8.42 Å². The van der Waals surface area contributed by atoms with E-state index in [4.69, 9.17) is 4.74 Å². The first-order valence-electron chi connectivity index (χ1n) is 6.27. The normalized spacial score (nSPS) is 27.2. The second kappa shape index (κ2) is 6.68. The molecular weight excluding hydrogens is 240 g/mol. The van der Waals surface area contributed by atoms with Crippen LogP contribution in [0.25, 0.3) is 0 Å². The first-order chi connectivity index (χ1) is 8.05. The van der Waals surface area contributed by atoms with E-state index in [1.165, 1.54) is 7.11 Å². The lowest BCUT2D eigenvalue weighted by Crippen LogP contribution is -2.58. The minimum Gasteiger partial charge on any atom is -0.384 e. The molecule has 0 aromatic rings. The predicted octanol–water partition coefficient (Wildman–Crippen LogP) is 0.425. The molecule has 0 aromatic carbocycles. The van der Waals surface area contributed by atoms with Crippen molar-refractivity contribution in [2.75, 3.05) is 32.6 Å². The van der Waals surface area contributed by atoms with E-state index in [0.29, 0.717) is 6.54 Å². The molecule has 0 aromatic heterocycles. The summed E-state index contributed by atoms with van der Waals surface area (Å²) in [6, 6.07) is 0.356. The van der Waals surface area contributed by atoms with Crippen molar-refractivity contribution < 1.29 is 13.2 Å². The minimum absolute atomic E-state index is 0.0798. The molecule has 1 aliphatic rings. The Labute approximate surface area is 105 Å². The molecule has 6 heteroatoms. The lowest BCUT2D eigenvalue weighted by molar-refractivity contribution is 0.200. The van der Waals surface area contributed by atoms with Gasteiger partial charge in [0.15, 0.2) is 0 Å². The van der Waals surface area contributed by atoms with E-state index in [9.17, 15) is 8.42 Å². The lowest BCUT2D eigenvalue weighted by Gasteiger charge is -2.38. The molecule has 0 spiro atoms. The summed E-state index contributed by atoms with van der Waals surface area (Å²) in [5.41, 5.74) is 0. The van der Waals surface area contributed by atoms with Crippen LogP contribution in [0.5, 0.6) is 0 Å². The molecule has 1 N–H and O–H groups in total. The van der Waals surface area contributed by atoms with Gasteiger partial charge in [-0.05, 0) is 12.8 Å². The molecule has 1 saturated heterocycles. The van der Waals surface area contributed by atoms with Crippen LogP contribution in [-0.2, 0) is 14.8 Å².